The summed E-state index contributed by atoms with van der Waals surface area (Å²) in [6.07, 6.45) is 0.647. The Morgan fingerprint density at radius 2 is 1.21 bits per heavy atom. The normalized spacial score (nSPS) is 12.0. The van der Waals surface area contributed by atoms with Crippen LogP contribution in [0, 0.1) is 0 Å². The van der Waals surface area contributed by atoms with Crippen molar-refractivity contribution in [3.63, 3.8) is 0 Å². The number of alkyl carbamates (subject to hydrolysis) is 1. The van der Waals surface area contributed by atoms with E-state index in [0.29, 0.717) is 0 Å². The van der Waals surface area contributed by atoms with Crippen molar-refractivity contribution in [1.82, 2.24) is 10.6 Å². The fourth-order valence-corrected chi connectivity index (χ4v) is 3.29. The lowest BCUT2D eigenvalue weighted by Gasteiger charge is -2.21. The molecule has 3 aromatic carbocycles. The van der Waals surface area contributed by atoms with E-state index in [1.165, 1.54) is 0 Å². The van der Waals surface area contributed by atoms with E-state index in [4.69, 9.17) is 4.74 Å². The van der Waals surface area contributed by atoms with Gasteiger partial charge in [0.2, 0.25) is 5.91 Å². The van der Waals surface area contributed by atoms with E-state index in [9.17, 15) is 27.9 Å². The molecule has 2 unspecified atom stereocenters. The molecular weight excluding hydrogens is 520 g/mol. The van der Waals surface area contributed by atoms with Crippen LogP contribution in [0.1, 0.15) is 16.7 Å². The highest BCUT2D eigenvalue weighted by atomic mass is 32.2. The number of carboxylic acids is 1. The third-order valence-electron chi connectivity index (χ3n) is 5.30. The molecule has 3 aromatic rings. The zero-order valence-electron chi connectivity index (χ0n) is 21.5. The highest BCUT2D eigenvalue weighted by Gasteiger charge is 2.27. The lowest BCUT2D eigenvalue weighted by Crippen LogP contribution is -2.53. The summed E-state index contributed by atoms with van der Waals surface area (Å²) in [4.78, 5) is 37.2. The second-order valence-electron chi connectivity index (χ2n) is 8.53. The number of hydrogen-bond acceptors (Lipinski definition) is 6. The van der Waals surface area contributed by atoms with Gasteiger partial charge in [-0.15, -0.1) is 0 Å². The van der Waals surface area contributed by atoms with Crippen LogP contribution >= 0.6 is 0 Å². The van der Waals surface area contributed by atoms with Gasteiger partial charge in [0, 0.05) is 24.5 Å². The Bertz CT molecular complexity index is 1300. The number of hydrogen-bond donors (Lipinski definition) is 3. The Balaban J connectivity index is 0.000000798. The van der Waals surface area contributed by atoms with Gasteiger partial charge in [0.05, 0.1) is 0 Å². The van der Waals surface area contributed by atoms with Crippen molar-refractivity contribution in [1.29, 1.82) is 0 Å². The number of nitrogens with one attached hydrogen (secondary N) is 2. The Morgan fingerprint density at radius 1 is 0.795 bits per heavy atom. The highest BCUT2D eigenvalue weighted by Crippen LogP contribution is 2.08. The van der Waals surface area contributed by atoms with Crippen molar-refractivity contribution in [2.24, 2.45) is 0 Å². The Morgan fingerprint density at radius 3 is 1.62 bits per heavy atom. The third kappa shape index (κ3) is 12.6. The summed E-state index contributed by atoms with van der Waals surface area (Å²) in [7, 11) is -2.90. The minimum atomic E-state index is -2.90. The van der Waals surface area contributed by atoms with Gasteiger partial charge in [0.25, 0.3) is 0 Å². The van der Waals surface area contributed by atoms with Crippen molar-refractivity contribution in [3.05, 3.63) is 120 Å². The first kappa shape index (κ1) is 30.8. The molecule has 0 saturated heterocycles. The minimum Gasteiger partial charge on any atom is -0.480 e. The number of aliphatic carboxylic acids is 1. The minimum absolute atomic E-state index is 0.0537. The summed E-state index contributed by atoms with van der Waals surface area (Å²) < 4.78 is 25.0. The Labute approximate surface area is 228 Å². The predicted octanol–water partition coefficient (Wildman–Crippen LogP) is 3.51. The van der Waals surface area contributed by atoms with Gasteiger partial charge in [0.1, 0.15) is 18.7 Å². The molecule has 10 heteroatoms. The molecule has 0 heterocycles. The lowest BCUT2D eigenvalue weighted by atomic mass is 10.0. The summed E-state index contributed by atoms with van der Waals surface area (Å²) in [5.41, 5.74) is 2.40. The molecule has 0 aliphatic carbocycles. The molecular formula is C29H32N2O7S. The van der Waals surface area contributed by atoms with Gasteiger partial charge in [-0.3, -0.25) is 4.79 Å². The van der Waals surface area contributed by atoms with Gasteiger partial charge in [0.15, 0.2) is 9.84 Å². The average molecular weight is 553 g/mol. The fraction of sp³-hybridized carbons (Fsp3) is 0.207. The molecule has 206 valence electrons. The van der Waals surface area contributed by atoms with E-state index in [1.807, 2.05) is 66.7 Å². The molecule has 0 fully saturated rings. The van der Waals surface area contributed by atoms with E-state index >= 15 is 0 Å². The number of carbonyl (C=O) groups is 3. The van der Waals surface area contributed by atoms with Gasteiger partial charge < -0.3 is 20.5 Å². The van der Waals surface area contributed by atoms with Crippen LogP contribution in [0.5, 0.6) is 0 Å². The van der Waals surface area contributed by atoms with E-state index in [2.05, 4.69) is 17.2 Å². The second-order valence-corrected chi connectivity index (χ2v) is 10.5. The van der Waals surface area contributed by atoms with Crippen molar-refractivity contribution >= 4 is 27.8 Å². The number of carboxylic acid groups (broad SMARTS) is 1. The number of sulfone groups is 1. The zero-order chi connectivity index (χ0) is 28.7. The molecule has 3 rings (SSSR count). The summed E-state index contributed by atoms with van der Waals surface area (Å²) in [6, 6.07) is 25.2. The van der Waals surface area contributed by atoms with Crippen LogP contribution in [-0.4, -0.2) is 49.8 Å². The number of carbonyl (C=O) groups excluding carboxylic acids is 2. The van der Waals surface area contributed by atoms with Gasteiger partial charge in [-0.2, -0.15) is 0 Å². The zero-order valence-corrected chi connectivity index (χ0v) is 22.3. The highest BCUT2D eigenvalue weighted by molar-refractivity contribution is 7.93. The summed E-state index contributed by atoms with van der Waals surface area (Å²) in [5, 5.41) is 15.7. The van der Waals surface area contributed by atoms with E-state index in [-0.39, 0.29) is 19.4 Å². The molecule has 0 aromatic heterocycles. The smallest absolute Gasteiger partial charge is 0.408 e. The van der Waals surface area contributed by atoms with Crippen LogP contribution in [0.4, 0.5) is 4.79 Å². The van der Waals surface area contributed by atoms with Gasteiger partial charge in [-0.1, -0.05) is 97.6 Å². The molecule has 2 atom stereocenters. The van der Waals surface area contributed by atoms with E-state index in [0.717, 1.165) is 28.4 Å². The Hall–Kier alpha value is -4.44. The largest absolute Gasteiger partial charge is 0.480 e. The topological polar surface area (TPSA) is 139 Å². The number of amides is 2. The molecule has 3 N–H and O–H groups in total. The predicted molar refractivity (Wildman–Crippen MR) is 148 cm³/mol. The molecule has 0 saturated carbocycles. The van der Waals surface area contributed by atoms with Crippen molar-refractivity contribution in [3.8, 4) is 0 Å². The fourth-order valence-electron chi connectivity index (χ4n) is 3.29. The van der Waals surface area contributed by atoms with Crippen LogP contribution in [0.25, 0.3) is 0 Å². The van der Waals surface area contributed by atoms with Crippen LogP contribution in [0.2, 0.25) is 0 Å². The van der Waals surface area contributed by atoms with Gasteiger partial charge in [-0.05, 0) is 16.7 Å². The van der Waals surface area contributed by atoms with Gasteiger partial charge >= 0.3 is 12.1 Å². The molecule has 0 radical (unpaired) electrons. The maximum absolute atomic E-state index is 13.0. The standard InChI is InChI=1S/C26H26N2O5.C3H6O2S/c29-24(27-23(25(30)31)17-20-12-6-2-7-13-20)22(16-19-10-4-1-5-11-19)28-26(32)33-18-21-14-8-3-9-15-21;1-3-6(2,4)5/h1-15,22-23H,16-18H2,(H,27,29)(H,28,32)(H,30,31);3H,1H2,2H3. The van der Waals surface area contributed by atoms with Crippen LogP contribution < -0.4 is 10.6 Å². The van der Waals surface area contributed by atoms with Crippen LogP contribution in [-0.2, 0) is 43.6 Å². The summed E-state index contributed by atoms with van der Waals surface area (Å²) in [5.74, 6) is -1.75. The molecule has 0 aliphatic rings. The lowest BCUT2D eigenvalue weighted by molar-refractivity contribution is -0.142. The van der Waals surface area contributed by atoms with Crippen molar-refractivity contribution in [2.75, 3.05) is 6.26 Å². The van der Waals surface area contributed by atoms with E-state index in [1.54, 1.807) is 24.3 Å². The molecule has 39 heavy (non-hydrogen) atoms. The third-order valence-corrected chi connectivity index (χ3v) is 5.91. The van der Waals surface area contributed by atoms with Crippen molar-refractivity contribution in [2.45, 2.75) is 31.5 Å². The molecule has 2 amide bonds. The average Bonchev–Trinajstić information content (AvgIpc) is 2.93. The van der Waals surface area contributed by atoms with E-state index < -0.39 is 39.9 Å². The molecule has 0 bridgehead atoms. The maximum atomic E-state index is 13.0. The quantitative estimate of drug-likeness (QED) is 0.331. The summed E-state index contributed by atoms with van der Waals surface area (Å²) in [6.45, 7) is 3.10. The van der Waals surface area contributed by atoms with Crippen LogP contribution in [0.15, 0.2) is 103 Å². The van der Waals surface area contributed by atoms with Crippen molar-refractivity contribution < 1.29 is 32.6 Å². The maximum Gasteiger partial charge on any atom is 0.408 e. The molecule has 0 spiro atoms. The second kappa shape index (κ2) is 15.7. The SMILES string of the molecule is C=CS(C)(=O)=O.O=C(NC(Cc1ccccc1)C(=O)NC(Cc1ccccc1)C(=O)O)OCc1ccccc1. The first-order valence-electron chi connectivity index (χ1n) is 12.0. The van der Waals surface area contributed by atoms with Crippen LogP contribution in [0.3, 0.4) is 0 Å². The first-order valence-corrected chi connectivity index (χ1v) is 13.9. The molecule has 9 nitrogen and oxygen atoms in total. The number of rotatable bonds is 11. The Kier molecular flexibility index (Phi) is 12.4. The first-order chi connectivity index (χ1) is 18.6. The number of benzene rings is 3. The van der Waals surface area contributed by atoms with Gasteiger partial charge in [-0.25, -0.2) is 18.0 Å². The monoisotopic (exact) mass is 552 g/mol. The summed E-state index contributed by atoms with van der Waals surface area (Å²) >= 11 is 0. The molecule has 0 aliphatic heterocycles. The number of ether oxygens (including phenoxy) is 1.